The van der Waals surface area contributed by atoms with Gasteiger partial charge >= 0.3 is 0 Å². The minimum Gasteiger partial charge on any atom is -0.508 e. The predicted molar refractivity (Wildman–Crippen MR) is 100 cm³/mol. The highest BCUT2D eigenvalue weighted by atomic mass is 16.5. The number of aromatic hydroxyl groups is 1. The lowest BCUT2D eigenvalue weighted by molar-refractivity contribution is -0.168. The summed E-state index contributed by atoms with van der Waals surface area (Å²) in [5, 5.41) is 9.45. The molecule has 2 heterocycles. The monoisotopic (exact) mass is 352 g/mol. The largest absolute Gasteiger partial charge is 0.508 e. The van der Waals surface area contributed by atoms with Crippen LogP contribution in [0.25, 0.3) is 0 Å². The molecule has 2 aliphatic heterocycles. The van der Waals surface area contributed by atoms with Gasteiger partial charge in [-0.2, -0.15) is 0 Å². The summed E-state index contributed by atoms with van der Waals surface area (Å²) in [6.07, 6.45) is 1.79. The molecular weight excluding hydrogens is 328 g/mol. The van der Waals surface area contributed by atoms with Gasteiger partial charge in [0.15, 0.2) is 0 Å². The van der Waals surface area contributed by atoms with Crippen LogP contribution in [0.5, 0.6) is 5.75 Å². The van der Waals surface area contributed by atoms with Crippen molar-refractivity contribution in [1.29, 1.82) is 0 Å². The van der Waals surface area contributed by atoms with Crippen LogP contribution in [0.4, 0.5) is 5.69 Å². The summed E-state index contributed by atoms with van der Waals surface area (Å²) in [7, 11) is 0. The molecule has 5 heteroatoms. The lowest BCUT2D eigenvalue weighted by atomic mass is 9.88. The van der Waals surface area contributed by atoms with Crippen molar-refractivity contribution in [3.05, 3.63) is 60.2 Å². The number of phenols is 1. The zero-order valence-corrected chi connectivity index (χ0v) is 14.8. The molecule has 1 amide bonds. The topological polar surface area (TPSA) is 53.0 Å². The Balaban J connectivity index is 1.41. The van der Waals surface area contributed by atoms with Crippen molar-refractivity contribution in [2.75, 3.05) is 31.1 Å². The molecule has 26 heavy (non-hydrogen) atoms. The van der Waals surface area contributed by atoms with E-state index < -0.39 is 0 Å². The lowest BCUT2D eigenvalue weighted by Gasteiger charge is -2.47. The standard InChI is InChI=1S/C21H24N2O3/c24-19-8-6-18(7-9-19)22-12-10-21(11-13-22)16-23(20(25)15-26-21)14-17-4-2-1-3-5-17/h1-9,24H,10-16H2. The Labute approximate surface area is 153 Å². The van der Waals surface area contributed by atoms with Crippen LogP contribution >= 0.6 is 0 Å². The number of carbonyl (C=O) groups excluding carboxylic acids is 1. The number of amides is 1. The van der Waals surface area contributed by atoms with E-state index in [1.165, 1.54) is 0 Å². The predicted octanol–water partition coefficient (Wildman–Crippen LogP) is 2.79. The Hall–Kier alpha value is -2.53. The van der Waals surface area contributed by atoms with Gasteiger partial charge in [0.1, 0.15) is 12.4 Å². The lowest BCUT2D eigenvalue weighted by Crippen LogP contribution is -2.58. The maximum Gasteiger partial charge on any atom is 0.248 e. The van der Waals surface area contributed by atoms with Crippen LogP contribution < -0.4 is 4.90 Å². The van der Waals surface area contributed by atoms with E-state index in [0.717, 1.165) is 37.2 Å². The molecule has 136 valence electrons. The fourth-order valence-electron chi connectivity index (χ4n) is 3.87. The summed E-state index contributed by atoms with van der Waals surface area (Å²) in [5.41, 5.74) is 2.03. The summed E-state index contributed by atoms with van der Waals surface area (Å²) in [4.78, 5) is 16.6. The van der Waals surface area contributed by atoms with Crippen molar-refractivity contribution < 1.29 is 14.6 Å². The van der Waals surface area contributed by atoms with Gasteiger partial charge in [0.2, 0.25) is 5.91 Å². The third-order valence-corrected chi connectivity index (χ3v) is 5.44. The second-order valence-corrected chi connectivity index (χ2v) is 7.21. The maximum atomic E-state index is 12.3. The highest BCUT2D eigenvalue weighted by Gasteiger charge is 2.42. The van der Waals surface area contributed by atoms with E-state index in [-0.39, 0.29) is 23.9 Å². The number of rotatable bonds is 3. The van der Waals surface area contributed by atoms with E-state index in [1.807, 2.05) is 35.2 Å². The average Bonchev–Trinajstić information content (AvgIpc) is 2.67. The van der Waals surface area contributed by atoms with Crippen LogP contribution in [0, 0.1) is 0 Å². The van der Waals surface area contributed by atoms with E-state index in [0.29, 0.717) is 13.1 Å². The number of morpholine rings is 1. The van der Waals surface area contributed by atoms with Gasteiger partial charge in [-0.25, -0.2) is 0 Å². The van der Waals surface area contributed by atoms with Gasteiger partial charge in [0, 0.05) is 25.3 Å². The summed E-state index contributed by atoms with van der Waals surface area (Å²) in [6.45, 7) is 3.25. The van der Waals surface area contributed by atoms with Crippen molar-refractivity contribution in [3.63, 3.8) is 0 Å². The van der Waals surface area contributed by atoms with Crippen LogP contribution in [-0.4, -0.2) is 47.8 Å². The first-order valence-electron chi connectivity index (χ1n) is 9.13. The van der Waals surface area contributed by atoms with Crippen molar-refractivity contribution in [2.45, 2.75) is 25.0 Å². The summed E-state index contributed by atoms with van der Waals surface area (Å²) >= 11 is 0. The van der Waals surface area contributed by atoms with Crippen molar-refractivity contribution in [2.24, 2.45) is 0 Å². The van der Waals surface area contributed by atoms with Crippen LogP contribution in [0.2, 0.25) is 0 Å². The number of hydrogen-bond donors (Lipinski definition) is 1. The highest BCUT2D eigenvalue weighted by Crippen LogP contribution is 2.33. The molecule has 0 atom stereocenters. The Kier molecular flexibility index (Phi) is 4.55. The first-order chi connectivity index (χ1) is 12.6. The van der Waals surface area contributed by atoms with E-state index in [1.54, 1.807) is 12.1 Å². The summed E-state index contributed by atoms with van der Waals surface area (Å²) < 4.78 is 6.03. The summed E-state index contributed by atoms with van der Waals surface area (Å²) in [5.74, 6) is 0.355. The maximum absolute atomic E-state index is 12.3. The summed E-state index contributed by atoms with van der Waals surface area (Å²) in [6, 6.07) is 17.4. The molecule has 0 aromatic heterocycles. The molecule has 1 spiro atoms. The number of carbonyl (C=O) groups is 1. The van der Waals surface area contributed by atoms with E-state index in [4.69, 9.17) is 4.74 Å². The molecule has 2 fully saturated rings. The normalized spacial score (nSPS) is 19.8. The fraction of sp³-hybridized carbons (Fsp3) is 0.381. The quantitative estimate of drug-likeness (QED) is 0.923. The molecule has 0 unspecified atom stereocenters. The van der Waals surface area contributed by atoms with Gasteiger partial charge in [-0.15, -0.1) is 0 Å². The molecule has 0 bridgehead atoms. The van der Waals surface area contributed by atoms with Gasteiger partial charge in [0.05, 0.1) is 12.1 Å². The van der Waals surface area contributed by atoms with Crippen molar-refractivity contribution in [1.82, 2.24) is 4.90 Å². The van der Waals surface area contributed by atoms with Gasteiger partial charge in [0.25, 0.3) is 0 Å². The van der Waals surface area contributed by atoms with Crippen LogP contribution in [0.3, 0.4) is 0 Å². The SMILES string of the molecule is O=C1COC2(CCN(c3ccc(O)cc3)CC2)CN1Cc1ccccc1. The van der Waals surface area contributed by atoms with Crippen LogP contribution in [-0.2, 0) is 16.1 Å². The number of ether oxygens (including phenoxy) is 1. The fourth-order valence-corrected chi connectivity index (χ4v) is 3.87. The second kappa shape index (κ2) is 7.00. The highest BCUT2D eigenvalue weighted by molar-refractivity contribution is 5.78. The van der Waals surface area contributed by atoms with Crippen molar-refractivity contribution >= 4 is 11.6 Å². The minimum absolute atomic E-state index is 0.0699. The molecule has 4 rings (SSSR count). The average molecular weight is 352 g/mol. The molecule has 1 N–H and O–H groups in total. The molecule has 2 aliphatic rings. The number of benzene rings is 2. The van der Waals surface area contributed by atoms with Crippen LogP contribution in [0.15, 0.2) is 54.6 Å². The number of nitrogens with zero attached hydrogens (tertiary/aromatic N) is 2. The molecule has 2 saturated heterocycles. The molecular formula is C21H24N2O3. The zero-order chi connectivity index (χ0) is 18.0. The Morgan fingerprint density at radius 2 is 1.69 bits per heavy atom. The van der Waals surface area contributed by atoms with Crippen LogP contribution in [0.1, 0.15) is 18.4 Å². The number of hydrogen-bond acceptors (Lipinski definition) is 4. The molecule has 2 aromatic rings. The van der Waals surface area contributed by atoms with E-state index in [9.17, 15) is 9.90 Å². The second-order valence-electron chi connectivity index (χ2n) is 7.21. The molecule has 0 saturated carbocycles. The first-order valence-corrected chi connectivity index (χ1v) is 9.13. The Morgan fingerprint density at radius 1 is 1.00 bits per heavy atom. The minimum atomic E-state index is -0.240. The molecule has 0 radical (unpaired) electrons. The number of piperidine rings is 1. The third-order valence-electron chi connectivity index (χ3n) is 5.44. The Bertz CT molecular complexity index is 753. The molecule has 2 aromatic carbocycles. The zero-order valence-electron chi connectivity index (χ0n) is 14.8. The van der Waals surface area contributed by atoms with Gasteiger partial charge in [-0.3, -0.25) is 4.79 Å². The number of anilines is 1. The van der Waals surface area contributed by atoms with E-state index in [2.05, 4.69) is 17.0 Å². The smallest absolute Gasteiger partial charge is 0.248 e. The third kappa shape index (κ3) is 3.53. The van der Waals surface area contributed by atoms with E-state index >= 15 is 0 Å². The number of phenolic OH excluding ortho intramolecular Hbond substituents is 1. The van der Waals surface area contributed by atoms with Crippen molar-refractivity contribution in [3.8, 4) is 5.75 Å². The molecule has 5 nitrogen and oxygen atoms in total. The molecule has 0 aliphatic carbocycles. The van der Waals surface area contributed by atoms with Gasteiger partial charge < -0.3 is 19.6 Å². The Morgan fingerprint density at radius 3 is 2.38 bits per heavy atom. The first kappa shape index (κ1) is 16.9. The van der Waals surface area contributed by atoms with Gasteiger partial charge in [-0.05, 0) is 42.7 Å². The van der Waals surface area contributed by atoms with Gasteiger partial charge in [-0.1, -0.05) is 30.3 Å².